The van der Waals surface area contributed by atoms with Crippen LogP contribution in [0.5, 0.6) is 0 Å². The zero-order valence-electron chi connectivity index (χ0n) is 30.3. The van der Waals surface area contributed by atoms with Gasteiger partial charge in [0.05, 0.1) is 0 Å². The molecule has 3 aromatic heterocycles. The number of carbonyl (C=O) groups excluding carboxylic acids is 3. The van der Waals surface area contributed by atoms with Crippen LogP contribution in [-0.2, 0) is 9.59 Å². The first-order valence-electron chi connectivity index (χ1n) is 17.0. The summed E-state index contributed by atoms with van der Waals surface area (Å²) in [5.74, 6) is -0.758. The maximum Gasteiger partial charge on any atom is 0.258 e. The lowest BCUT2D eigenvalue weighted by atomic mass is 10.0. The number of aromatic nitrogens is 6. The van der Waals surface area contributed by atoms with Crippen molar-refractivity contribution < 1.29 is 28.0 Å². The molecule has 3 amide bonds. The fraction of sp³-hybridized carbons (Fsp3) is 0.0769. The van der Waals surface area contributed by atoms with E-state index in [1.165, 1.54) is 32.0 Å². The van der Waals surface area contributed by atoms with Crippen molar-refractivity contribution in [2.75, 3.05) is 0 Å². The van der Waals surface area contributed by atoms with Crippen molar-refractivity contribution in [1.82, 2.24) is 46.4 Å². The van der Waals surface area contributed by atoms with Crippen LogP contribution in [0.2, 0.25) is 0 Å². The predicted octanol–water partition coefficient (Wildman–Crippen LogP) is 5.16. The third-order valence-electron chi connectivity index (χ3n) is 8.14. The number of aryl methyl sites for hydroxylation is 1. The van der Waals surface area contributed by atoms with E-state index in [1.54, 1.807) is 73.7 Å². The third-order valence-corrected chi connectivity index (χ3v) is 8.14. The Bertz CT molecular complexity index is 2750. The Morgan fingerprint density at radius 1 is 0.491 bits per heavy atom. The van der Waals surface area contributed by atoms with Gasteiger partial charge in [-0.05, 0) is 36.4 Å². The molecule has 4 aromatic carbocycles. The maximum absolute atomic E-state index is 13.8. The van der Waals surface area contributed by atoms with Gasteiger partial charge in [-0.25, -0.2) is 0 Å². The Balaban J connectivity index is 1.23. The summed E-state index contributed by atoms with van der Waals surface area (Å²) < 4.78 is 16.4. The van der Waals surface area contributed by atoms with E-state index < -0.39 is 11.8 Å². The van der Waals surface area contributed by atoms with Crippen molar-refractivity contribution >= 4 is 35.2 Å². The highest BCUT2D eigenvalue weighted by Gasteiger charge is 2.21. The first-order valence-corrected chi connectivity index (χ1v) is 17.0. The second-order valence-electron chi connectivity index (χ2n) is 12.5. The van der Waals surface area contributed by atoms with Gasteiger partial charge in [0.2, 0.25) is 35.2 Å². The average molecular weight is 763 g/mol. The Kier molecular flexibility index (Phi) is 10.1. The minimum absolute atomic E-state index is 0.0188. The van der Waals surface area contributed by atoms with E-state index in [2.05, 4.69) is 46.4 Å². The fourth-order valence-corrected chi connectivity index (χ4v) is 5.53. The molecule has 18 nitrogen and oxygen atoms in total. The van der Waals surface area contributed by atoms with Gasteiger partial charge in [-0.1, -0.05) is 70.1 Å². The summed E-state index contributed by atoms with van der Waals surface area (Å²) >= 11 is 0. The largest absolute Gasteiger partial charge is 0.339 e. The molecule has 0 aliphatic rings. The second kappa shape index (κ2) is 15.6. The van der Waals surface area contributed by atoms with Crippen LogP contribution >= 0.6 is 0 Å². The van der Waals surface area contributed by atoms with Gasteiger partial charge in [-0.2, -0.15) is 15.0 Å². The highest BCUT2D eigenvalue weighted by atomic mass is 16.5. The van der Waals surface area contributed by atoms with E-state index in [-0.39, 0.29) is 58.0 Å². The first-order chi connectivity index (χ1) is 27.4. The van der Waals surface area contributed by atoms with Crippen molar-refractivity contribution in [1.29, 1.82) is 16.2 Å². The highest BCUT2D eigenvalue weighted by molar-refractivity contribution is 6.13. The summed E-state index contributed by atoms with van der Waals surface area (Å²) in [6, 6.07) is 24.7. The number of amidine groups is 3. The molecule has 0 unspecified atom stereocenters. The molecule has 0 spiro atoms. The van der Waals surface area contributed by atoms with Crippen molar-refractivity contribution in [3.05, 3.63) is 119 Å². The zero-order valence-corrected chi connectivity index (χ0v) is 30.3. The number of nitrogens with one attached hydrogen (secondary N) is 6. The Morgan fingerprint density at radius 2 is 0.895 bits per heavy atom. The molecule has 18 heteroatoms. The van der Waals surface area contributed by atoms with Crippen LogP contribution in [0.1, 0.15) is 46.8 Å². The number of hydrogen-bond acceptors (Lipinski definition) is 15. The predicted molar refractivity (Wildman–Crippen MR) is 204 cm³/mol. The van der Waals surface area contributed by atoms with Crippen LogP contribution in [0.25, 0.3) is 57.1 Å². The second-order valence-corrected chi connectivity index (χ2v) is 12.5. The zero-order chi connectivity index (χ0) is 40.2. The molecule has 0 bridgehead atoms. The van der Waals surface area contributed by atoms with E-state index >= 15 is 0 Å². The minimum Gasteiger partial charge on any atom is -0.339 e. The summed E-state index contributed by atoms with van der Waals surface area (Å²) in [6.45, 7) is 4.28. The van der Waals surface area contributed by atoms with Crippen LogP contribution in [0.4, 0.5) is 0 Å². The van der Waals surface area contributed by atoms with Gasteiger partial charge >= 0.3 is 0 Å². The number of amides is 3. The SMILES string of the molecule is CC(=O)NC(=N)c1cccc(C(=N)NC(=O)c2cc(-c3nc(-c4cccc(C(=N)NC(C)=O)c4)no3)cc(-c3nc(-c4cccc(-c5noc(C)n5)c4)no3)c2)c1. The van der Waals surface area contributed by atoms with Crippen molar-refractivity contribution in [3.8, 4) is 57.1 Å². The Hall–Kier alpha value is -8.28. The Labute approximate surface area is 322 Å². The molecule has 0 saturated heterocycles. The fourth-order valence-electron chi connectivity index (χ4n) is 5.53. The molecule has 6 N–H and O–H groups in total. The maximum atomic E-state index is 13.8. The van der Waals surface area contributed by atoms with Crippen LogP contribution in [0.3, 0.4) is 0 Å². The van der Waals surface area contributed by atoms with E-state index in [4.69, 9.17) is 29.8 Å². The lowest BCUT2D eigenvalue weighted by Crippen LogP contribution is -2.31. The lowest BCUT2D eigenvalue weighted by Gasteiger charge is -2.11. The summed E-state index contributed by atoms with van der Waals surface area (Å²) in [4.78, 5) is 50.2. The van der Waals surface area contributed by atoms with E-state index in [0.29, 0.717) is 50.7 Å². The van der Waals surface area contributed by atoms with Gasteiger partial charge in [-0.3, -0.25) is 30.6 Å². The molecule has 0 fully saturated rings. The van der Waals surface area contributed by atoms with Crippen LogP contribution in [0.15, 0.2) is 105 Å². The summed E-state index contributed by atoms with van der Waals surface area (Å²) in [6.07, 6.45) is 0. The molecule has 0 aliphatic carbocycles. The van der Waals surface area contributed by atoms with Crippen molar-refractivity contribution in [2.24, 2.45) is 0 Å². The smallest absolute Gasteiger partial charge is 0.258 e. The lowest BCUT2D eigenvalue weighted by molar-refractivity contribution is -0.118. The normalized spacial score (nSPS) is 10.8. The standard InChI is InChI=1S/C39H30N12O6/c1-19(52)43-31(40)22-7-4-8-23(13-22)33(42)46-37(54)28-16-29(38-47-35(50-56-38)25-10-5-9-24(14-25)32(41)44-20(2)53)18-30(17-28)39-48-36(51-57-39)27-12-6-11-26(15-27)34-45-21(3)55-49-34/h4-18H,1-3H3,(H2,40,43,52)(H2,41,44,53)(H2,42,46,54). The first kappa shape index (κ1) is 37.1. The number of carbonyl (C=O) groups is 3. The molecule has 0 aliphatic heterocycles. The third kappa shape index (κ3) is 8.44. The Morgan fingerprint density at radius 3 is 1.40 bits per heavy atom. The average Bonchev–Trinajstić information content (AvgIpc) is 4.00. The van der Waals surface area contributed by atoms with Gasteiger partial charge in [-0.15, -0.1) is 0 Å². The highest BCUT2D eigenvalue weighted by Crippen LogP contribution is 2.31. The van der Waals surface area contributed by atoms with Gasteiger partial charge < -0.3 is 29.5 Å². The number of rotatable bonds is 9. The summed E-state index contributed by atoms with van der Waals surface area (Å²) in [5, 5.41) is 44.7. The molecular weight excluding hydrogens is 733 g/mol. The van der Waals surface area contributed by atoms with Crippen molar-refractivity contribution in [2.45, 2.75) is 20.8 Å². The summed E-state index contributed by atoms with van der Waals surface area (Å²) in [7, 11) is 0. The molecule has 7 rings (SSSR count). The molecule has 282 valence electrons. The molecule has 0 saturated carbocycles. The number of benzene rings is 4. The number of nitrogens with zero attached hydrogens (tertiary/aromatic N) is 6. The van der Waals surface area contributed by atoms with Gasteiger partial charge in [0.25, 0.3) is 17.7 Å². The molecule has 0 radical (unpaired) electrons. The monoisotopic (exact) mass is 762 g/mol. The van der Waals surface area contributed by atoms with Gasteiger partial charge in [0.1, 0.15) is 17.5 Å². The minimum atomic E-state index is -0.683. The molecule has 3 heterocycles. The molecule has 0 atom stereocenters. The van der Waals surface area contributed by atoms with Gasteiger partial charge in [0, 0.05) is 70.8 Å². The summed E-state index contributed by atoms with van der Waals surface area (Å²) in [5.41, 5.74) is 3.46. The van der Waals surface area contributed by atoms with Crippen molar-refractivity contribution in [3.63, 3.8) is 0 Å². The van der Waals surface area contributed by atoms with E-state index in [9.17, 15) is 14.4 Å². The van der Waals surface area contributed by atoms with Crippen LogP contribution < -0.4 is 16.0 Å². The molecule has 7 aromatic rings. The molecular formula is C39H30N12O6. The topological polar surface area (TPSA) is 276 Å². The van der Waals surface area contributed by atoms with Crippen LogP contribution in [-0.4, -0.2) is 65.7 Å². The number of hydrogen-bond donors (Lipinski definition) is 6. The van der Waals surface area contributed by atoms with Gasteiger partial charge in [0.15, 0.2) is 0 Å². The quantitative estimate of drug-likeness (QED) is 0.0822. The van der Waals surface area contributed by atoms with Crippen LogP contribution in [0, 0.1) is 23.2 Å². The van der Waals surface area contributed by atoms with E-state index in [0.717, 1.165) is 0 Å². The molecule has 57 heavy (non-hydrogen) atoms. The van der Waals surface area contributed by atoms with E-state index in [1.807, 2.05) is 6.07 Å².